The van der Waals surface area contributed by atoms with Gasteiger partial charge in [-0.15, -0.1) is 0 Å². The van der Waals surface area contributed by atoms with Crippen LogP contribution in [0.25, 0.3) is 0 Å². The molecule has 0 spiro atoms. The fourth-order valence-electron chi connectivity index (χ4n) is 2.77. The molecule has 0 atom stereocenters. The minimum Gasteiger partial charge on any atom is -0.324 e. The summed E-state index contributed by atoms with van der Waals surface area (Å²) in [5.74, 6) is 0.357. The van der Waals surface area contributed by atoms with Crippen molar-refractivity contribution in [3.05, 3.63) is 24.3 Å². The van der Waals surface area contributed by atoms with Gasteiger partial charge in [0.25, 0.3) is 10.0 Å². The summed E-state index contributed by atoms with van der Waals surface area (Å²) in [7, 11) is -3.49. The quantitative estimate of drug-likeness (QED) is 0.781. The number of fused-ring (bicyclic) bond motifs is 1. The summed E-state index contributed by atoms with van der Waals surface area (Å²) in [6, 6.07) is 7.10. The Morgan fingerprint density at radius 2 is 1.75 bits per heavy atom. The van der Waals surface area contributed by atoms with Gasteiger partial charge >= 0.3 is 0 Å². The number of anilines is 1. The maximum atomic E-state index is 12.2. The number of aliphatic imine (C=N–C) groups is 1. The molecule has 1 aromatic rings. The van der Waals surface area contributed by atoms with Crippen LogP contribution in [0.4, 0.5) is 5.69 Å². The molecule has 0 aromatic heterocycles. The van der Waals surface area contributed by atoms with Crippen LogP contribution >= 0.6 is 0 Å². The standard InChI is InChI=1S/C14H19N3O2S/c18-20(19)13-10-6-5-9-12(13)16-14(17-20)15-11-7-3-1-2-4-8-11/h5-6,9-11H,1-4,7-8H2,(H2,15,16,17). The largest absolute Gasteiger partial charge is 0.324 e. The molecule has 2 aliphatic rings. The third kappa shape index (κ3) is 2.80. The van der Waals surface area contributed by atoms with Crippen LogP contribution in [0.5, 0.6) is 0 Å². The molecular formula is C14H19N3O2S. The molecular weight excluding hydrogens is 274 g/mol. The van der Waals surface area contributed by atoms with E-state index in [4.69, 9.17) is 0 Å². The van der Waals surface area contributed by atoms with Gasteiger partial charge in [-0.3, -0.25) is 0 Å². The van der Waals surface area contributed by atoms with Crippen molar-refractivity contribution in [1.82, 2.24) is 4.72 Å². The van der Waals surface area contributed by atoms with Crippen LogP contribution in [-0.4, -0.2) is 20.4 Å². The summed E-state index contributed by atoms with van der Waals surface area (Å²) < 4.78 is 26.8. The molecule has 6 heteroatoms. The predicted molar refractivity (Wildman–Crippen MR) is 79.3 cm³/mol. The lowest BCUT2D eigenvalue weighted by Gasteiger charge is -2.22. The van der Waals surface area contributed by atoms with Crippen LogP contribution in [0.2, 0.25) is 0 Å². The van der Waals surface area contributed by atoms with Gasteiger partial charge in [-0.25, -0.2) is 18.1 Å². The van der Waals surface area contributed by atoms with E-state index in [9.17, 15) is 8.42 Å². The molecule has 1 aromatic carbocycles. The van der Waals surface area contributed by atoms with Crippen molar-refractivity contribution in [3.63, 3.8) is 0 Å². The predicted octanol–water partition coefficient (Wildman–Crippen LogP) is 2.47. The number of hydrogen-bond donors (Lipinski definition) is 2. The zero-order valence-corrected chi connectivity index (χ0v) is 12.1. The van der Waals surface area contributed by atoms with Gasteiger partial charge in [-0.1, -0.05) is 37.8 Å². The third-order valence-corrected chi connectivity index (χ3v) is 5.19. The van der Waals surface area contributed by atoms with Crippen molar-refractivity contribution >= 4 is 21.7 Å². The highest BCUT2D eigenvalue weighted by atomic mass is 32.2. The maximum Gasteiger partial charge on any atom is 0.266 e. The van der Waals surface area contributed by atoms with Gasteiger partial charge in [0.2, 0.25) is 5.96 Å². The van der Waals surface area contributed by atoms with Crippen LogP contribution in [-0.2, 0) is 10.0 Å². The Bertz CT molecular complexity index is 617. The number of nitrogens with one attached hydrogen (secondary N) is 2. The summed E-state index contributed by atoms with van der Waals surface area (Å²) in [4.78, 5) is 4.84. The molecule has 0 bridgehead atoms. The summed E-state index contributed by atoms with van der Waals surface area (Å²) in [6.45, 7) is 0. The van der Waals surface area contributed by atoms with Crippen LogP contribution < -0.4 is 10.0 Å². The van der Waals surface area contributed by atoms with Crippen LogP contribution in [0.3, 0.4) is 0 Å². The molecule has 0 amide bonds. The minimum atomic E-state index is -3.49. The van der Waals surface area contributed by atoms with Crippen LogP contribution in [0.1, 0.15) is 38.5 Å². The van der Waals surface area contributed by atoms with E-state index in [0.717, 1.165) is 12.8 Å². The first-order valence-corrected chi connectivity index (χ1v) is 8.60. The van der Waals surface area contributed by atoms with Crippen molar-refractivity contribution in [1.29, 1.82) is 0 Å². The van der Waals surface area contributed by atoms with Gasteiger partial charge in [0.15, 0.2) is 0 Å². The average molecular weight is 293 g/mol. The number of hydrogen-bond acceptors (Lipinski definition) is 3. The molecule has 0 saturated heterocycles. The van der Waals surface area contributed by atoms with Gasteiger partial charge < -0.3 is 5.32 Å². The Morgan fingerprint density at radius 1 is 1.05 bits per heavy atom. The molecule has 3 rings (SSSR count). The molecule has 2 N–H and O–H groups in total. The first kappa shape index (κ1) is 13.4. The van der Waals surface area contributed by atoms with Crippen molar-refractivity contribution in [2.45, 2.75) is 49.5 Å². The van der Waals surface area contributed by atoms with Crippen molar-refractivity contribution in [2.24, 2.45) is 4.99 Å². The van der Waals surface area contributed by atoms with E-state index in [1.165, 1.54) is 25.7 Å². The molecule has 1 heterocycles. The van der Waals surface area contributed by atoms with E-state index < -0.39 is 10.0 Å². The highest BCUT2D eigenvalue weighted by Gasteiger charge is 2.26. The second kappa shape index (κ2) is 5.44. The average Bonchev–Trinajstić information content (AvgIpc) is 2.67. The van der Waals surface area contributed by atoms with Gasteiger partial charge in [-0.2, -0.15) is 0 Å². The Hall–Kier alpha value is -1.56. The fraction of sp³-hybridized carbons (Fsp3) is 0.500. The van der Waals surface area contributed by atoms with E-state index >= 15 is 0 Å². The molecule has 108 valence electrons. The molecule has 0 unspecified atom stereocenters. The fourth-order valence-corrected chi connectivity index (χ4v) is 3.90. The normalized spacial score (nSPS) is 24.3. The number of para-hydroxylation sites is 1. The SMILES string of the molecule is O=S1(=O)NC(=NC2CCCCCC2)Nc2ccccc21. The number of sulfonamides is 1. The topological polar surface area (TPSA) is 70.6 Å². The molecule has 0 radical (unpaired) electrons. The van der Waals surface area contributed by atoms with Gasteiger partial charge in [0.05, 0.1) is 11.7 Å². The van der Waals surface area contributed by atoms with Gasteiger partial charge in [0.1, 0.15) is 4.90 Å². The van der Waals surface area contributed by atoms with Crippen molar-refractivity contribution in [2.75, 3.05) is 5.32 Å². The minimum absolute atomic E-state index is 0.216. The van der Waals surface area contributed by atoms with Crippen LogP contribution in [0, 0.1) is 0 Å². The zero-order chi connectivity index (χ0) is 14.0. The Morgan fingerprint density at radius 3 is 2.50 bits per heavy atom. The summed E-state index contributed by atoms with van der Waals surface area (Å²) >= 11 is 0. The molecule has 20 heavy (non-hydrogen) atoms. The number of rotatable bonds is 1. The maximum absolute atomic E-state index is 12.2. The van der Waals surface area contributed by atoms with E-state index in [0.29, 0.717) is 11.6 Å². The molecule has 1 aliphatic heterocycles. The lowest BCUT2D eigenvalue weighted by Crippen LogP contribution is -2.41. The summed E-state index contributed by atoms with van der Waals surface area (Å²) in [6.07, 6.45) is 6.92. The number of nitrogens with zero attached hydrogens (tertiary/aromatic N) is 1. The second-order valence-corrected chi connectivity index (χ2v) is 7.00. The van der Waals surface area contributed by atoms with E-state index in [2.05, 4.69) is 15.0 Å². The van der Waals surface area contributed by atoms with E-state index in [-0.39, 0.29) is 10.9 Å². The highest BCUT2D eigenvalue weighted by Crippen LogP contribution is 2.25. The van der Waals surface area contributed by atoms with E-state index in [1.807, 2.05) is 6.07 Å². The summed E-state index contributed by atoms with van der Waals surface area (Å²) in [5.41, 5.74) is 0.596. The number of guanidine groups is 1. The molecule has 5 nitrogen and oxygen atoms in total. The first-order valence-electron chi connectivity index (χ1n) is 7.12. The third-order valence-electron chi connectivity index (χ3n) is 3.80. The monoisotopic (exact) mass is 293 g/mol. The molecule has 1 aliphatic carbocycles. The van der Waals surface area contributed by atoms with Crippen molar-refractivity contribution < 1.29 is 8.42 Å². The second-order valence-electron chi connectivity index (χ2n) is 5.35. The van der Waals surface area contributed by atoms with Crippen LogP contribution in [0.15, 0.2) is 34.2 Å². The smallest absolute Gasteiger partial charge is 0.266 e. The molecule has 1 saturated carbocycles. The highest BCUT2D eigenvalue weighted by molar-refractivity contribution is 7.90. The lowest BCUT2D eigenvalue weighted by molar-refractivity contribution is 0.579. The van der Waals surface area contributed by atoms with E-state index in [1.54, 1.807) is 18.2 Å². The number of benzene rings is 1. The summed E-state index contributed by atoms with van der Waals surface area (Å²) in [5, 5.41) is 3.08. The molecule has 1 fully saturated rings. The van der Waals surface area contributed by atoms with Crippen molar-refractivity contribution in [3.8, 4) is 0 Å². The van der Waals surface area contributed by atoms with Gasteiger partial charge in [-0.05, 0) is 25.0 Å². The van der Waals surface area contributed by atoms with Gasteiger partial charge in [0, 0.05) is 0 Å². The zero-order valence-electron chi connectivity index (χ0n) is 11.3. The Kier molecular flexibility index (Phi) is 3.65. The Balaban J connectivity index is 1.87. The lowest BCUT2D eigenvalue weighted by atomic mass is 10.1. The Labute approximate surface area is 119 Å². The first-order chi connectivity index (χ1) is 9.65.